The van der Waals surface area contributed by atoms with Crippen LogP contribution in [0, 0.1) is 17.3 Å². The van der Waals surface area contributed by atoms with E-state index in [0.29, 0.717) is 19.1 Å². The summed E-state index contributed by atoms with van der Waals surface area (Å²) in [5, 5.41) is 13.0. The number of fused-ring (bicyclic) bond motifs is 4. The van der Waals surface area contributed by atoms with E-state index in [1.54, 1.807) is 0 Å². The van der Waals surface area contributed by atoms with Crippen LogP contribution in [0.4, 0.5) is 0 Å². The normalized spacial score (nSPS) is 54.0. The summed E-state index contributed by atoms with van der Waals surface area (Å²) in [5.74, 6) is 0.138. The second kappa shape index (κ2) is 6.02. The lowest BCUT2D eigenvalue weighted by Gasteiger charge is -2.57. The van der Waals surface area contributed by atoms with Crippen molar-refractivity contribution < 1.29 is 33.3 Å². The van der Waals surface area contributed by atoms with Gasteiger partial charge in [0.15, 0.2) is 13.9 Å². The summed E-state index contributed by atoms with van der Waals surface area (Å²) in [6, 6.07) is 0.553. The highest BCUT2D eigenvalue weighted by atomic mass is 28.4. The van der Waals surface area contributed by atoms with Gasteiger partial charge < -0.3 is 28.5 Å². The van der Waals surface area contributed by atoms with Gasteiger partial charge in [0.1, 0.15) is 35.6 Å². The fourth-order valence-corrected chi connectivity index (χ4v) is 12.8. The molecule has 0 radical (unpaired) electrons. The number of esters is 1. The molecule has 0 unspecified atom stereocenters. The first kappa shape index (κ1) is 22.4. The molecule has 0 amide bonds. The van der Waals surface area contributed by atoms with Gasteiger partial charge in [-0.25, -0.2) is 4.79 Å². The van der Waals surface area contributed by atoms with E-state index in [1.165, 1.54) is 0 Å². The van der Waals surface area contributed by atoms with Gasteiger partial charge in [0.2, 0.25) is 0 Å². The molecule has 4 heterocycles. The van der Waals surface area contributed by atoms with E-state index in [9.17, 15) is 9.90 Å². The quantitative estimate of drug-likeness (QED) is 0.360. The van der Waals surface area contributed by atoms with Crippen molar-refractivity contribution in [2.75, 3.05) is 6.61 Å². The van der Waals surface area contributed by atoms with Crippen molar-refractivity contribution in [3.8, 4) is 0 Å². The fourth-order valence-electron chi connectivity index (χ4n) is 9.65. The molecule has 3 saturated heterocycles. The molecule has 0 bridgehead atoms. The van der Waals surface area contributed by atoms with Gasteiger partial charge in [-0.15, -0.1) is 0 Å². The summed E-state index contributed by atoms with van der Waals surface area (Å²) in [7, 11) is -2.28. The lowest BCUT2D eigenvalue weighted by molar-refractivity contribution is -0.158. The molecule has 2 saturated carbocycles. The van der Waals surface area contributed by atoms with Crippen LogP contribution >= 0.6 is 0 Å². The van der Waals surface area contributed by atoms with Gasteiger partial charge in [0.25, 0.3) is 0 Å². The molecule has 3 aliphatic carbocycles. The molecule has 0 aromatic carbocycles. The maximum Gasteiger partial charge on any atom is 0.334 e. The molecule has 7 rings (SSSR count). The van der Waals surface area contributed by atoms with Crippen LogP contribution in [0.1, 0.15) is 53.9 Å². The molecule has 7 nitrogen and oxygen atoms in total. The lowest BCUT2D eigenvalue weighted by Crippen LogP contribution is -2.76. The third-order valence-electron chi connectivity index (χ3n) is 10.6. The summed E-state index contributed by atoms with van der Waals surface area (Å²) < 4.78 is 32.0. The molecular weight excluding hydrogens is 452 g/mol. The molecule has 188 valence electrons. The number of hydrogen-bond donors (Lipinski definition) is 1. The van der Waals surface area contributed by atoms with Gasteiger partial charge in [0.05, 0.1) is 6.10 Å². The Morgan fingerprint density at radius 3 is 2.53 bits per heavy atom. The van der Waals surface area contributed by atoms with Crippen molar-refractivity contribution in [1.82, 2.24) is 0 Å². The monoisotopic (exact) mass is 490 g/mol. The first-order chi connectivity index (χ1) is 15.8. The third-order valence-corrected chi connectivity index (χ3v) is 13.1. The minimum absolute atomic E-state index is 0.0797. The Morgan fingerprint density at radius 2 is 1.85 bits per heavy atom. The molecule has 34 heavy (non-hydrogen) atoms. The molecule has 5 fully saturated rings. The van der Waals surface area contributed by atoms with Crippen LogP contribution < -0.4 is 0 Å². The Morgan fingerprint density at radius 1 is 1.12 bits per heavy atom. The summed E-state index contributed by atoms with van der Waals surface area (Å²) in [5.41, 5.74) is -1.49. The van der Waals surface area contributed by atoms with E-state index in [4.69, 9.17) is 23.4 Å². The van der Waals surface area contributed by atoms with Gasteiger partial charge in [-0.2, -0.15) is 0 Å². The molecule has 2 spiro atoms. The highest BCUT2D eigenvalue weighted by Gasteiger charge is 3.04. The maximum absolute atomic E-state index is 13.0. The average molecular weight is 491 g/mol. The van der Waals surface area contributed by atoms with Crippen LogP contribution in [-0.4, -0.2) is 72.8 Å². The minimum atomic E-state index is -2.28. The van der Waals surface area contributed by atoms with Gasteiger partial charge in [0, 0.05) is 23.1 Å². The zero-order chi connectivity index (χ0) is 24.3. The standard InChI is InChI=1S/C26H38O7Si/c1-13(2)24-19(31-24)20-26(32-20)22(5)9-8-15-16(11-29-21(15)27)17(22)10-18-25(26,30-18)23(24,28)12-34(6,7)33-14(3)4/h13-14,17-20,28H,8-12H2,1-7H3/t17-,18-,19-,20-,22-,23-,24-,25+,26+/m0/s1. The zero-order valence-electron chi connectivity index (χ0n) is 21.4. The van der Waals surface area contributed by atoms with Gasteiger partial charge >= 0.3 is 5.97 Å². The van der Waals surface area contributed by atoms with E-state index in [0.717, 1.165) is 24.0 Å². The first-order valence-electron chi connectivity index (χ1n) is 13.1. The Labute approximate surface area is 202 Å². The predicted octanol–water partition coefficient (Wildman–Crippen LogP) is 3.10. The number of carbonyl (C=O) groups excluding carboxylic acids is 1. The van der Waals surface area contributed by atoms with Crippen LogP contribution in [0.2, 0.25) is 19.1 Å². The molecule has 4 aliphatic heterocycles. The highest BCUT2D eigenvalue weighted by Crippen LogP contribution is 2.86. The second-order valence-electron chi connectivity index (χ2n) is 13.4. The number of rotatable bonds is 5. The van der Waals surface area contributed by atoms with Crippen LogP contribution in [0.15, 0.2) is 11.1 Å². The molecule has 9 atom stereocenters. The van der Waals surface area contributed by atoms with E-state index < -0.39 is 30.7 Å². The summed E-state index contributed by atoms with van der Waals surface area (Å²) in [4.78, 5) is 12.4. The van der Waals surface area contributed by atoms with Gasteiger partial charge in [-0.1, -0.05) is 20.8 Å². The number of ether oxygens (including phenoxy) is 4. The Bertz CT molecular complexity index is 1040. The summed E-state index contributed by atoms with van der Waals surface area (Å²) >= 11 is 0. The number of epoxide rings is 3. The average Bonchev–Trinajstić information content (AvgIpc) is 3.59. The van der Waals surface area contributed by atoms with Gasteiger partial charge in [-0.3, -0.25) is 0 Å². The van der Waals surface area contributed by atoms with Crippen molar-refractivity contribution in [2.45, 2.75) is 120 Å². The Kier molecular flexibility index (Phi) is 3.97. The number of carbonyl (C=O) groups is 1. The zero-order valence-corrected chi connectivity index (χ0v) is 22.4. The van der Waals surface area contributed by atoms with Crippen molar-refractivity contribution in [1.29, 1.82) is 0 Å². The second-order valence-corrected chi connectivity index (χ2v) is 17.5. The molecule has 0 aromatic heterocycles. The summed E-state index contributed by atoms with van der Waals surface area (Å²) in [6.45, 7) is 15.5. The van der Waals surface area contributed by atoms with Crippen molar-refractivity contribution >= 4 is 14.3 Å². The maximum atomic E-state index is 13.0. The van der Waals surface area contributed by atoms with Crippen molar-refractivity contribution in [3.05, 3.63) is 11.1 Å². The van der Waals surface area contributed by atoms with Crippen LogP contribution in [-0.2, 0) is 28.2 Å². The number of cyclic esters (lactones) is 1. The minimum Gasteiger partial charge on any atom is -0.458 e. The fraction of sp³-hybridized carbons (Fsp3) is 0.885. The van der Waals surface area contributed by atoms with Crippen molar-refractivity contribution in [2.24, 2.45) is 17.3 Å². The first-order valence-corrected chi connectivity index (χ1v) is 16.3. The molecular formula is C26H38O7Si. The molecule has 0 aromatic rings. The lowest BCUT2D eigenvalue weighted by atomic mass is 9.44. The van der Waals surface area contributed by atoms with E-state index in [2.05, 4.69) is 47.7 Å². The van der Waals surface area contributed by atoms with Crippen LogP contribution in [0.3, 0.4) is 0 Å². The highest BCUT2D eigenvalue weighted by molar-refractivity contribution is 6.71. The largest absolute Gasteiger partial charge is 0.458 e. The number of aliphatic hydroxyl groups is 1. The Hall–Kier alpha value is -0.773. The topological polar surface area (TPSA) is 93.4 Å². The van der Waals surface area contributed by atoms with E-state index in [-0.39, 0.29) is 47.6 Å². The number of hydrogen-bond acceptors (Lipinski definition) is 7. The van der Waals surface area contributed by atoms with Crippen molar-refractivity contribution in [3.63, 3.8) is 0 Å². The molecule has 8 heteroatoms. The summed E-state index contributed by atoms with van der Waals surface area (Å²) in [6.07, 6.45) is 2.10. The SMILES string of the molecule is CC(C)O[Si](C)(C)C[C@@]1(O)[C@]23O[C@H]2C[C@H]2C4=C(CC[C@]2(C)[C@@]32O[C@H]2[C@@H]2O[C@@]21C(C)C)C(=O)OC4. The molecule has 7 aliphatic rings. The van der Waals surface area contributed by atoms with Gasteiger partial charge in [-0.05, 0) is 63.6 Å². The van der Waals surface area contributed by atoms with E-state index >= 15 is 0 Å². The van der Waals surface area contributed by atoms with E-state index in [1.807, 2.05) is 0 Å². The van der Waals surface area contributed by atoms with Crippen LogP contribution in [0.5, 0.6) is 0 Å². The third kappa shape index (κ3) is 2.11. The Balaban J connectivity index is 1.37. The smallest absolute Gasteiger partial charge is 0.334 e. The van der Waals surface area contributed by atoms with Crippen LogP contribution in [0.25, 0.3) is 0 Å². The molecule has 1 N–H and O–H groups in total. The predicted molar refractivity (Wildman–Crippen MR) is 125 cm³/mol.